The van der Waals surface area contributed by atoms with Gasteiger partial charge in [0.2, 0.25) is 0 Å². The van der Waals surface area contributed by atoms with Gasteiger partial charge in [0.05, 0.1) is 5.52 Å². The Hall–Kier alpha value is -1.36. The standard InChI is InChI=1S/C14H17N3O.2ClH/c1-14(2,15)9-17-13(18)11-5-6-12-10(8-11)4-3-7-16-12;;/h3-8H,9,15H2,1-2H3,(H,17,18);2*1H. The van der Waals surface area contributed by atoms with Crippen LogP contribution >= 0.6 is 24.8 Å². The molecule has 6 heteroatoms. The minimum atomic E-state index is -0.409. The number of nitrogens with one attached hydrogen (secondary N) is 1. The van der Waals surface area contributed by atoms with E-state index in [-0.39, 0.29) is 30.7 Å². The van der Waals surface area contributed by atoms with E-state index in [9.17, 15) is 4.79 Å². The van der Waals surface area contributed by atoms with E-state index in [4.69, 9.17) is 5.73 Å². The van der Waals surface area contributed by atoms with Crippen LogP contribution in [0.25, 0.3) is 10.9 Å². The van der Waals surface area contributed by atoms with Crippen molar-refractivity contribution in [3.8, 4) is 0 Å². The number of nitrogens with zero attached hydrogens (tertiary/aromatic N) is 1. The molecule has 4 nitrogen and oxygen atoms in total. The molecule has 0 spiro atoms. The van der Waals surface area contributed by atoms with E-state index in [2.05, 4.69) is 10.3 Å². The summed E-state index contributed by atoms with van der Waals surface area (Å²) in [7, 11) is 0. The molecule has 1 heterocycles. The molecular weight excluding hydrogens is 297 g/mol. The summed E-state index contributed by atoms with van der Waals surface area (Å²) in [5.74, 6) is -0.112. The van der Waals surface area contributed by atoms with Crippen LogP contribution in [0.4, 0.5) is 0 Å². The normalized spacial score (nSPS) is 10.3. The predicted octanol–water partition coefficient (Wildman–Crippen LogP) is 2.55. The van der Waals surface area contributed by atoms with E-state index >= 15 is 0 Å². The Morgan fingerprint density at radius 2 is 2.00 bits per heavy atom. The van der Waals surface area contributed by atoms with E-state index in [1.807, 2.05) is 38.1 Å². The van der Waals surface area contributed by atoms with Gasteiger partial charge < -0.3 is 11.1 Å². The van der Waals surface area contributed by atoms with Gasteiger partial charge in [-0.15, -0.1) is 24.8 Å². The van der Waals surface area contributed by atoms with Gasteiger partial charge >= 0.3 is 0 Å². The summed E-state index contributed by atoms with van der Waals surface area (Å²) in [5, 5.41) is 3.77. The van der Waals surface area contributed by atoms with E-state index in [1.165, 1.54) is 0 Å². The largest absolute Gasteiger partial charge is 0.350 e. The molecule has 110 valence electrons. The molecule has 20 heavy (non-hydrogen) atoms. The highest BCUT2D eigenvalue weighted by atomic mass is 35.5. The van der Waals surface area contributed by atoms with Gasteiger partial charge in [-0.2, -0.15) is 0 Å². The molecule has 0 radical (unpaired) electrons. The molecule has 2 aromatic rings. The van der Waals surface area contributed by atoms with Gasteiger partial charge in [-0.05, 0) is 38.1 Å². The molecule has 1 amide bonds. The topological polar surface area (TPSA) is 68.0 Å². The smallest absolute Gasteiger partial charge is 0.251 e. The Morgan fingerprint density at radius 3 is 2.65 bits per heavy atom. The van der Waals surface area contributed by atoms with Crippen LogP contribution < -0.4 is 11.1 Å². The van der Waals surface area contributed by atoms with Crippen LogP contribution in [0.1, 0.15) is 24.2 Å². The fraction of sp³-hybridized carbons (Fsp3) is 0.286. The first-order valence-electron chi connectivity index (χ1n) is 5.88. The SMILES string of the molecule is CC(C)(N)CNC(=O)c1ccc2ncccc2c1.Cl.Cl. The summed E-state index contributed by atoms with van der Waals surface area (Å²) in [6, 6.07) is 9.24. The summed E-state index contributed by atoms with van der Waals surface area (Å²) in [6.45, 7) is 4.19. The summed E-state index contributed by atoms with van der Waals surface area (Å²) >= 11 is 0. The molecule has 0 fully saturated rings. The Bertz CT molecular complexity index is 582. The Balaban J connectivity index is 0.00000180. The lowest BCUT2D eigenvalue weighted by Gasteiger charge is -2.18. The zero-order valence-electron chi connectivity index (χ0n) is 11.4. The number of carbonyl (C=O) groups excluding carboxylic acids is 1. The minimum Gasteiger partial charge on any atom is -0.350 e. The van der Waals surface area contributed by atoms with E-state index < -0.39 is 5.54 Å². The van der Waals surface area contributed by atoms with Crippen molar-refractivity contribution >= 4 is 41.6 Å². The number of carbonyl (C=O) groups is 1. The fourth-order valence-corrected chi connectivity index (χ4v) is 1.63. The molecule has 0 unspecified atom stereocenters. The number of hydrogen-bond donors (Lipinski definition) is 2. The van der Waals surface area contributed by atoms with Crippen molar-refractivity contribution < 1.29 is 4.79 Å². The van der Waals surface area contributed by atoms with Crippen molar-refractivity contribution in [1.82, 2.24) is 10.3 Å². The van der Waals surface area contributed by atoms with Crippen LogP contribution in [0.5, 0.6) is 0 Å². The molecule has 0 atom stereocenters. The van der Waals surface area contributed by atoms with Crippen molar-refractivity contribution in [3.05, 3.63) is 42.1 Å². The number of nitrogens with two attached hydrogens (primary N) is 1. The average molecular weight is 316 g/mol. The van der Waals surface area contributed by atoms with Gasteiger partial charge in [0.1, 0.15) is 0 Å². The highest BCUT2D eigenvalue weighted by molar-refractivity contribution is 5.97. The van der Waals surface area contributed by atoms with Crippen molar-refractivity contribution in [3.63, 3.8) is 0 Å². The quantitative estimate of drug-likeness (QED) is 0.914. The number of benzene rings is 1. The minimum absolute atomic E-state index is 0. The molecule has 0 aliphatic carbocycles. The van der Waals surface area contributed by atoms with Crippen molar-refractivity contribution in [2.75, 3.05) is 6.54 Å². The molecule has 1 aromatic heterocycles. The zero-order chi connectivity index (χ0) is 13.2. The van der Waals surface area contributed by atoms with Crippen LogP contribution in [0, 0.1) is 0 Å². The third-order valence-corrected chi connectivity index (χ3v) is 2.57. The molecule has 0 aliphatic rings. The molecule has 1 aromatic carbocycles. The third kappa shape index (κ3) is 4.96. The highest BCUT2D eigenvalue weighted by Crippen LogP contribution is 2.13. The van der Waals surface area contributed by atoms with Gasteiger partial charge in [-0.25, -0.2) is 0 Å². The van der Waals surface area contributed by atoms with Crippen LogP contribution in [-0.4, -0.2) is 23.0 Å². The monoisotopic (exact) mass is 315 g/mol. The Labute approximate surface area is 131 Å². The average Bonchev–Trinajstić information content (AvgIpc) is 2.34. The number of pyridine rings is 1. The Morgan fingerprint density at radius 1 is 1.30 bits per heavy atom. The van der Waals surface area contributed by atoms with Gasteiger partial charge in [-0.3, -0.25) is 9.78 Å². The van der Waals surface area contributed by atoms with Crippen LogP contribution in [-0.2, 0) is 0 Å². The summed E-state index contributed by atoms with van der Waals surface area (Å²) < 4.78 is 0. The third-order valence-electron chi connectivity index (χ3n) is 2.57. The highest BCUT2D eigenvalue weighted by Gasteiger charge is 2.13. The Kier molecular flexibility index (Phi) is 6.92. The second kappa shape index (κ2) is 7.43. The molecule has 0 saturated carbocycles. The van der Waals surface area contributed by atoms with Crippen molar-refractivity contribution in [1.29, 1.82) is 0 Å². The zero-order valence-corrected chi connectivity index (χ0v) is 13.1. The molecule has 2 rings (SSSR count). The fourth-order valence-electron chi connectivity index (χ4n) is 1.63. The lowest BCUT2D eigenvalue weighted by Crippen LogP contribution is -2.45. The molecule has 0 aliphatic heterocycles. The first-order valence-corrected chi connectivity index (χ1v) is 5.88. The summed E-state index contributed by atoms with van der Waals surface area (Å²) in [5.41, 5.74) is 6.93. The maximum Gasteiger partial charge on any atom is 0.251 e. The van der Waals surface area contributed by atoms with E-state index in [0.29, 0.717) is 12.1 Å². The first kappa shape index (κ1) is 18.6. The van der Waals surface area contributed by atoms with Gasteiger partial charge in [0.25, 0.3) is 5.91 Å². The number of hydrogen-bond acceptors (Lipinski definition) is 3. The summed E-state index contributed by atoms with van der Waals surface area (Å²) in [4.78, 5) is 16.2. The van der Waals surface area contributed by atoms with Crippen molar-refractivity contribution in [2.24, 2.45) is 5.73 Å². The maximum atomic E-state index is 11.9. The maximum absolute atomic E-state index is 11.9. The molecule has 3 N–H and O–H groups in total. The van der Waals surface area contributed by atoms with Crippen LogP contribution in [0.15, 0.2) is 36.5 Å². The number of fused-ring (bicyclic) bond motifs is 1. The molecule has 0 saturated heterocycles. The number of aromatic nitrogens is 1. The lowest BCUT2D eigenvalue weighted by molar-refractivity contribution is 0.0946. The molecule has 0 bridgehead atoms. The number of halogens is 2. The van der Waals surface area contributed by atoms with Crippen molar-refractivity contribution in [2.45, 2.75) is 19.4 Å². The van der Waals surface area contributed by atoms with Crippen LogP contribution in [0.2, 0.25) is 0 Å². The molecular formula is C14H19Cl2N3O. The number of amides is 1. The second-order valence-corrected chi connectivity index (χ2v) is 5.08. The van der Waals surface area contributed by atoms with Gasteiger partial charge in [0.15, 0.2) is 0 Å². The lowest BCUT2D eigenvalue weighted by atomic mass is 10.1. The predicted molar refractivity (Wildman–Crippen MR) is 86.8 cm³/mol. The van der Waals surface area contributed by atoms with E-state index in [1.54, 1.807) is 12.3 Å². The van der Waals surface area contributed by atoms with Gasteiger partial charge in [-0.1, -0.05) is 6.07 Å². The van der Waals surface area contributed by atoms with Crippen LogP contribution in [0.3, 0.4) is 0 Å². The van der Waals surface area contributed by atoms with E-state index in [0.717, 1.165) is 10.9 Å². The first-order chi connectivity index (χ1) is 8.46. The number of rotatable bonds is 3. The second-order valence-electron chi connectivity index (χ2n) is 5.08. The summed E-state index contributed by atoms with van der Waals surface area (Å²) in [6.07, 6.45) is 1.74. The van der Waals surface area contributed by atoms with Gasteiger partial charge in [0, 0.05) is 29.2 Å².